The standard InChI is InChI=1S/C36H38O6S4/c1-15(2)21-19-13-17(5)23(29(37)25(19)27(33(41)31(21)39)35-43-9-7-10-44-35)24-18(6)14-20-22(16(3)4)32(40)34(42)28(26(20)30(24)38)36-45-11-8-12-46-36/h13-16,21-22,37-38H,7-12H2,1-6H3. The van der Waals surface area contributed by atoms with Crippen LogP contribution in [0, 0.1) is 25.7 Å². The summed E-state index contributed by atoms with van der Waals surface area (Å²) >= 11 is 6.15. The van der Waals surface area contributed by atoms with Gasteiger partial charge in [0.1, 0.15) is 11.5 Å². The summed E-state index contributed by atoms with van der Waals surface area (Å²) in [6.07, 6.45) is 1.96. The van der Waals surface area contributed by atoms with Gasteiger partial charge in [-0.15, -0.1) is 47.0 Å². The van der Waals surface area contributed by atoms with Crippen LogP contribution in [0.1, 0.15) is 85.8 Å². The average molecular weight is 695 g/mol. The fraction of sp³-hybridized carbons (Fsp3) is 0.444. The maximum absolute atomic E-state index is 13.8. The van der Waals surface area contributed by atoms with Crippen molar-refractivity contribution < 1.29 is 29.4 Å². The summed E-state index contributed by atoms with van der Waals surface area (Å²) in [5.41, 5.74) is 4.49. The van der Waals surface area contributed by atoms with Crippen LogP contribution in [-0.4, -0.2) is 56.4 Å². The van der Waals surface area contributed by atoms with Gasteiger partial charge in [-0.1, -0.05) is 39.8 Å². The molecule has 4 aliphatic rings. The summed E-state index contributed by atoms with van der Waals surface area (Å²) in [5.74, 6) is -0.860. The van der Waals surface area contributed by atoms with Gasteiger partial charge >= 0.3 is 0 Å². The predicted molar refractivity (Wildman–Crippen MR) is 193 cm³/mol. The fourth-order valence-corrected chi connectivity index (χ4v) is 12.5. The van der Waals surface area contributed by atoms with Gasteiger partial charge in [-0.05, 0) is 83.8 Å². The highest BCUT2D eigenvalue weighted by Gasteiger charge is 2.46. The molecule has 2 fully saturated rings. The third-order valence-electron chi connectivity index (χ3n) is 9.20. The molecule has 2 aliphatic heterocycles. The first kappa shape index (κ1) is 33.5. The summed E-state index contributed by atoms with van der Waals surface area (Å²) < 4.78 is 1.48. The molecular weight excluding hydrogens is 657 g/mol. The molecule has 0 amide bonds. The van der Waals surface area contributed by atoms with Crippen molar-refractivity contribution in [2.24, 2.45) is 11.8 Å². The number of fused-ring (bicyclic) bond motifs is 2. The average Bonchev–Trinajstić information content (AvgIpc) is 3.01. The number of phenolic OH excluding ortho intramolecular Hbond substituents is 2. The van der Waals surface area contributed by atoms with Crippen LogP contribution >= 0.6 is 47.0 Å². The molecule has 242 valence electrons. The predicted octanol–water partition coefficient (Wildman–Crippen LogP) is 8.24. The van der Waals surface area contributed by atoms with Crippen molar-refractivity contribution in [3.63, 3.8) is 0 Å². The highest BCUT2D eigenvalue weighted by Crippen LogP contribution is 2.56. The monoisotopic (exact) mass is 694 g/mol. The maximum Gasteiger partial charge on any atom is 0.231 e. The van der Waals surface area contributed by atoms with E-state index in [-0.39, 0.29) is 34.5 Å². The molecule has 2 aliphatic carbocycles. The molecule has 0 saturated carbocycles. The van der Waals surface area contributed by atoms with Gasteiger partial charge in [0.05, 0.1) is 31.5 Å². The Bertz CT molecular complexity index is 1640. The van der Waals surface area contributed by atoms with Crippen LogP contribution in [0.2, 0.25) is 0 Å². The number of ketones is 4. The lowest BCUT2D eigenvalue weighted by Crippen LogP contribution is -2.33. The third kappa shape index (κ3) is 5.31. The number of carbonyl (C=O) groups excluding carboxylic acids is 4. The molecule has 10 heteroatoms. The quantitative estimate of drug-likeness (QED) is 0.241. The van der Waals surface area contributed by atoms with Crippen molar-refractivity contribution in [3.8, 4) is 22.6 Å². The molecule has 2 N–H and O–H groups in total. The van der Waals surface area contributed by atoms with Crippen molar-refractivity contribution in [2.75, 3.05) is 23.0 Å². The summed E-state index contributed by atoms with van der Waals surface area (Å²) in [6, 6.07) is 3.77. The third-order valence-corrected chi connectivity index (χ3v) is 14.4. The van der Waals surface area contributed by atoms with E-state index in [0.29, 0.717) is 44.5 Å². The maximum atomic E-state index is 13.8. The van der Waals surface area contributed by atoms with Gasteiger partial charge in [0.2, 0.25) is 23.1 Å². The van der Waals surface area contributed by atoms with E-state index in [0.717, 1.165) is 44.3 Å². The number of thioether (sulfide) groups is 4. The Hall–Kier alpha value is -2.40. The number of phenols is 2. The van der Waals surface area contributed by atoms with Gasteiger partial charge < -0.3 is 10.2 Å². The molecule has 2 saturated heterocycles. The highest BCUT2D eigenvalue weighted by atomic mass is 32.2. The number of benzene rings is 2. The zero-order valence-corrected chi connectivity index (χ0v) is 30.1. The molecule has 6 nitrogen and oxygen atoms in total. The van der Waals surface area contributed by atoms with Crippen molar-refractivity contribution >= 4 is 81.3 Å². The van der Waals surface area contributed by atoms with Crippen LogP contribution in [0.4, 0.5) is 0 Å². The van der Waals surface area contributed by atoms with Crippen molar-refractivity contribution in [1.29, 1.82) is 0 Å². The molecule has 0 spiro atoms. The second-order valence-electron chi connectivity index (χ2n) is 13.0. The summed E-state index contributed by atoms with van der Waals surface area (Å²) in [4.78, 5) is 54.8. The number of carbonyl (C=O) groups is 4. The van der Waals surface area contributed by atoms with Crippen LogP contribution in [-0.2, 0) is 19.2 Å². The van der Waals surface area contributed by atoms with Gasteiger partial charge in [0.15, 0.2) is 0 Å². The van der Waals surface area contributed by atoms with Gasteiger partial charge in [-0.25, -0.2) is 0 Å². The minimum absolute atomic E-state index is 0.150. The molecular formula is C36H38O6S4. The lowest BCUT2D eigenvalue weighted by Gasteiger charge is -2.33. The molecule has 0 radical (unpaired) electrons. The molecule has 6 rings (SSSR count). The van der Waals surface area contributed by atoms with Crippen molar-refractivity contribution in [1.82, 2.24) is 0 Å². The number of aryl methyl sites for hydroxylation is 2. The molecule has 2 unspecified atom stereocenters. The van der Waals surface area contributed by atoms with Crippen molar-refractivity contribution in [2.45, 2.75) is 66.2 Å². The molecule has 2 atom stereocenters. The topological polar surface area (TPSA) is 109 Å². The van der Waals surface area contributed by atoms with E-state index in [9.17, 15) is 29.4 Å². The van der Waals surface area contributed by atoms with E-state index in [1.165, 1.54) is 47.0 Å². The SMILES string of the molecule is Cc1cc2c(c(O)c1-c1c(C)cc3c(c1O)C(=C1SCCCS1)C(=O)C(=O)C3C(C)C)C(=C1SCCCS1)C(=O)C(=O)C2C(C)C. The van der Waals surface area contributed by atoms with E-state index in [2.05, 4.69) is 0 Å². The van der Waals surface area contributed by atoms with Crippen LogP contribution < -0.4 is 0 Å². The Morgan fingerprint density at radius 1 is 0.587 bits per heavy atom. The summed E-state index contributed by atoms with van der Waals surface area (Å²) in [5, 5.41) is 24.6. The van der Waals surface area contributed by atoms with Crippen LogP contribution in [0.3, 0.4) is 0 Å². The zero-order valence-electron chi connectivity index (χ0n) is 26.9. The van der Waals surface area contributed by atoms with Crippen LogP contribution in [0.15, 0.2) is 20.6 Å². The molecule has 2 aromatic rings. The molecule has 46 heavy (non-hydrogen) atoms. The van der Waals surface area contributed by atoms with Crippen LogP contribution in [0.5, 0.6) is 11.5 Å². The second-order valence-corrected chi connectivity index (χ2v) is 18.0. The number of rotatable bonds is 3. The van der Waals surface area contributed by atoms with Gasteiger partial charge in [0.25, 0.3) is 0 Å². The first-order valence-corrected chi connectivity index (χ1v) is 19.7. The number of hydrogen-bond acceptors (Lipinski definition) is 10. The Balaban J connectivity index is 1.69. The Morgan fingerprint density at radius 2 is 0.913 bits per heavy atom. The van der Waals surface area contributed by atoms with E-state index < -0.39 is 35.0 Å². The number of allylic oxidation sites excluding steroid dienone is 2. The van der Waals surface area contributed by atoms with Gasteiger partial charge in [-0.2, -0.15) is 0 Å². The minimum Gasteiger partial charge on any atom is -0.507 e. The lowest BCUT2D eigenvalue weighted by molar-refractivity contribution is -0.135. The molecule has 0 bridgehead atoms. The Labute approximate surface area is 287 Å². The van der Waals surface area contributed by atoms with Crippen molar-refractivity contribution in [3.05, 3.63) is 54.0 Å². The molecule has 0 aromatic heterocycles. The smallest absolute Gasteiger partial charge is 0.231 e. The fourth-order valence-electron chi connectivity index (χ4n) is 7.20. The van der Waals surface area contributed by atoms with E-state index in [1.54, 1.807) is 0 Å². The largest absolute Gasteiger partial charge is 0.507 e. The lowest BCUT2D eigenvalue weighted by atomic mass is 9.70. The first-order chi connectivity index (χ1) is 21.9. The van der Waals surface area contributed by atoms with E-state index in [1.807, 2.05) is 53.7 Å². The van der Waals surface area contributed by atoms with Gasteiger partial charge in [0, 0.05) is 22.3 Å². The van der Waals surface area contributed by atoms with E-state index >= 15 is 0 Å². The Kier molecular flexibility index (Phi) is 9.39. The Morgan fingerprint density at radius 3 is 1.22 bits per heavy atom. The number of Topliss-reactive ketones (excluding diaryl/α,β-unsaturated/α-hetero) is 4. The second kappa shape index (κ2) is 12.9. The molecule has 2 aromatic carbocycles. The molecule has 2 heterocycles. The zero-order chi connectivity index (χ0) is 33.2. The first-order valence-electron chi connectivity index (χ1n) is 15.8. The summed E-state index contributed by atoms with van der Waals surface area (Å²) in [6.45, 7) is 11.3. The number of hydrogen-bond donors (Lipinski definition) is 2. The highest BCUT2D eigenvalue weighted by molar-refractivity contribution is 8.23. The van der Waals surface area contributed by atoms with Crippen LogP contribution in [0.25, 0.3) is 22.3 Å². The normalized spacial score (nSPS) is 22.3. The van der Waals surface area contributed by atoms with Gasteiger partial charge in [-0.3, -0.25) is 19.2 Å². The summed E-state index contributed by atoms with van der Waals surface area (Å²) in [7, 11) is 0. The van der Waals surface area contributed by atoms with E-state index in [4.69, 9.17) is 0 Å². The minimum atomic E-state index is -0.700. The number of aromatic hydroxyl groups is 2.